The Bertz CT molecular complexity index is 672. The highest BCUT2D eigenvalue weighted by Crippen LogP contribution is 2.27. The molecule has 0 aliphatic heterocycles. The molecule has 0 saturated heterocycles. The van der Waals surface area contributed by atoms with Crippen molar-refractivity contribution in [3.05, 3.63) is 65.2 Å². The van der Waals surface area contributed by atoms with Gasteiger partial charge in [0.05, 0.1) is 15.2 Å². The highest BCUT2D eigenvalue weighted by Gasteiger charge is 2.19. The lowest BCUT2D eigenvalue weighted by molar-refractivity contribution is 0.514. The molecule has 108 valence electrons. The van der Waals surface area contributed by atoms with Crippen LogP contribution in [0.1, 0.15) is 29.8 Å². The normalized spacial score (nSPS) is 14.2. The van der Waals surface area contributed by atoms with Crippen LogP contribution in [0.4, 0.5) is 0 Å². The summed E-state index contributed by atoms with van der Waals surface area (Å²) in [5.41, 5.74) is 8.89. The first-order chi connectivity index (χ1) is 10.3. The minimum atomic E-state index is 0.109. The minimum Gasteiger partial charge on any atom is -0.327 e. The van der Waals surface area contributed by atoms with Crippen molar-refractivity contribution in [3.8, 4) is 0 Å². The first kappa shape index (κ1) is 14.2. The minimum absolute atomic E-state index is 0.109. The summed E-state index contributed by atoms with van der Waals surface area (Å²) >= 11 is 1.76. The fourth-order valence-corrected chi connectivity index (χ4v) is 3.88. The smallest absolute Gasteiger partial charge is 0.0954 e. The fourth-order valence-electron chi connectivity index (χ4n) is 2.84. The van der Waals surface area contributed by atoms with E-state index in [0.717, 1.165) is 23.4 Å². The van der Waals surface area contributed by atoms with Gasteiger partial charge in [-0.2, -0.15) is 0 Å². The SMILES string of the molecule is CCC(c1ccccc1)C(N)Cc1nc2ccccc2s1. The van der Waals surface area contributed by atoms with E-state index in [-0.39, 0.29) is 6.04 Å². The van der Waals surface area contributed by atoms with Crippen LogP contribution in [0.2, 0.25) is 0 Å². The molecule has 0 fully saturated rings. The topological polar surface area (TPSA) is 38.9 Å². The van der Waals surface area contributed by atoms with Crippen LogP contribution in [0.5, 0.6) is 0 Å². The molecular weight excluding hydrogens is 276 g/mol. The van der Waals surface area contributed by atoms with Gasteiger partial charge in [0.25, 0.3) is 0 Å². The van der Waals surface area contributed by atoms with Gasteiger partial charge in [0.15, 0.2) is 0 Å². The van der Waals surface area contributed by atoms with Gasteiger partial charge in [0, 0.05) is 12.5 Å². The van der Waals surface area contributed by atoms with Crippen LogP contribution < -0.4 is 5.73 Å². The number of fused-ring (bicyclic) bond motifs is 1. The van der Waals surface area contributed by atoms with Crippen molar-refractivity contribution in [2.45, 2.75) is 31.7 Å². The molecule has 2 nitrogen and oxygen atoms in total. The van der Waals surface area contributed by atoms with E-state index in [4.69, 9.17) is 10.7 Å². The highest BCUT2D eigenvalue weighted by atomic mass is 32.1. The molecule has 1 aromatic heterocycles. The predicted octanol–water partition coefficient (Wildman–Crippen LogP) is 4.36. The van der Waals surface area contributed by atoms with Gasteiger partial charge in [-0.25, -0.2) is 4.98 Å². The van der Waals surface area contributed by atoms with Gasteiger partial charge < -0.3 is 5.73 Å². The van der Waals surface area contributed by atoms with Crippen molar-refractivity contribution >= 4 is 21.6 Å². The van der Waals surface area contributed by atoms with Crippen molar-refractivity contribution in [1.82, 2.24) is 4.98 Å². The maximum Gasteiger partial charge on any atom is 0.0954 e. The van der Waals surface area contributed by atoms with Crippen LogP contribution in [-0.4, -0.2) is 11.0 Å². The molecule has 0 radical (unpaired) electrons. The summed E-state index contributed by atoms with van der Waals surface area (Å²) < 4.78 is 1.24. The van der Waals surface area contributed by atoms with Crippen molar-refractivity contribution in [3.63, 3.8) is 0 Å². The Labute approximate surface area is 129 Å². The molecule has 2 atom stereocenters. The third-order valence-corrected chi connectivity index (χ3v) is 4.99. The van der Waals surface area contributed by atoms with Gasteiger partial charge >= 0.3 is 0 Å². The Morgan fingerprint density at radius 2 is 1.76 bits per heavy atom. The largest absolute Gasteiger partial charge is 0.327 e. The molecule has 1 heterocycles. The van der Waals surface area contributed by atoms with Crippen LogP contribution >= 0.6 is 11.3 Å². The van der Waals surface area contributed by atoms with Crippen LogP contribution in [0.3, 0.4) is 0 Å². The van der Waals surface area contributed by atoms with E-state index in [1.807, 2.05) is 6.07 Å². The molecule has 3 rings (SSSR count). The Kier molecular flexibility index (Phi) is 4.32. The first-order valence-electron chi connectivity index (χ1n) is 7.43. The Morgan fingerprint density at radius 1 is 1.05 bits per heavy atom. The number of thiazole rings is 1. The maximum absolute atomic E-state index is 6.48. The van der Waals surface area contributed by atoms with Crippen molar-refractivity contribution in [2.24, 2.45) is 5.73 Å². The fraction of sp³-hybridized carbons (Fsp3) is 0.278. The highest BCUT2D eigenvalue weighted by molar-refractivity contribution is 7.18. The molecular formula is C18H20N2S. The van der Waals surface area contributed by atoms with E-state index in [2.05, 4.69) is 55.5 Å². The quantitative estimate of drug-likeness (QED) is 0.759. The second-order valence-electron chi connectivity index (χ2n) is 5.37. The standard InChI is InChI=1S/C18H20N2S/c1-2-14(13-8-4-3-5-9-13)15(19)12-18-20-16-10-6-7-11-17(16)21-18/h3-11,14-15H,2,12,19H2,1H3. The molecule has 3 aromatic rings. The average molecular weight is 296 g/mol. The van der Waals surface area contributed by atoms with E-state index in [9.17, 15) is 0 Å². The molecule has 2 unspecified atom stereocenters. The number of nitrogens with two attached hydrogens (primary N) is 1. The third kappa shape index (κ3) is 3.14. The Morgan fingerprint density at radius 3 is 2.48 bits per heavy atom. The van der Waals surface area contributed by atoms with E-state index in [1.54, 1.807) is 11.3 Å². The first-order valence-corrected chi connectivity index (χ1v) is 8.24. The van der Waals surface area contributed by atoms with E-state index in [0.29, 0.717) is 5.92 Å². The molecule has 0 aliphatic rings. The molecule has 0 saturated carbocycles. The van der Waals surface area contributed by atoms with Crippen molar-refractivity contribution in [2.75, 3.05) is 0 Å². The number of benzene rings is 2. The van der Waals surface area contributed by atoms with E-state index in [1.165, 1.54) is 10.3 Å². The zero-order chi connectivity index (χ0) is 14.7. The summed E-state index contributed by atoms with van der Waals surface area (Å²) in [5, 5.41) is 1.14. The summed E-state index contributed by atoms with van der Waals surface area (Å²) in [5.74, 6) is 0.387. The maximum atomic E-state index is 6.48. The second kappa shape index (κ2) is 6.37. The van der Waals surface area contributed by atoms with Gasteiger partial charge in [0.2, 0.25) is 0 Å². The summed E-state index contributed by atoms with van der Waals surface area (Å²) in [6, 6.07) is 19.0. The number of hydrogen-bond donors (Lipinski definition) is 1. The molecule has 3 heteroatoms. The van der Waals surface area contributed by atoms with Crippen LogP contribution in [-0.2, 0) is 6.42 Å². The summed E-state index contributed by atoms with van der Waals surface area (Å²) in [7, 11) is 0. The number of para-hydroxylation sites is 1. The van der Waals surface area contributed by atoms with E-state index < -0.39 is 0 Å². The molecule has 0 amide bonds. The number of nitrogens with zero attached hydrogens (tertiary/aromatic N) is 1. The lowest BCUT2D eigenvalue weighted by atomic mass is 9.88. The molecule has 0 bridgehead atoms. The predicted molar refractivity (Wildman–Crippen MR) is 90.8 cm³/mol. The second-order valence-corrected chi connectivity index (χ2v) is 6.48. The van der Waals surface area contributed by atoms with Gasteiger partial charge in [-0.05, 0) is 30.0 Å². The van der Waals surface area contributed by atoms with Gasteiger partial charge in [0.1, 0.15) is 0 Å². The van der Waals surface area contributed by atoms with Crippen molar-refractivity contribution in [1.29, 1.82) is 0 Å². The summed E-state index contributed by atoms with van der Waals surface area (Å²) in [4.78, 5) is 4.70. The molecule has 2 aromatic carbocycles. The van der Waals surface area contributed by atoms with Crippen LogP contribution in [0.25, 0.3) is 10.2 Å². The zero-order valence-electron chi connectivity index (χ0n) is 12.2. The summed E-state index contributed by atoms with van der Waals surface area (Å²) in [6.07, 6.45) is 1.89. The molecule has 2 N–H and O–H groups in total. The van der Waals surface area contributed by atoms with Gasteiger partial charge in [-0.3, -0.25) is 0 Å². The van der Waals surface area contributed by atoms with Gasteiger partial charge in [-0.15, -0.1) is 11.3 Å². The number of hydrogen-bond acceptors (Lipinski definition) is 3. The lowest BCUT2D eigenvalue weighted by Crippen LogP contribution is -2.30. The molecule has 0 aliphatic carbocycles. The third-order valence-electron chi connectivity index (χ3n) is 3.93. The van der Waals surface area contributed by atoms with Crippen LogP contribution in [0, 0.1) is 0 Å². The monoisotopic (exact) mass is 296 g/mol. The summed E-state index contributed by atoms with van der Waals surface area (Å²) in [6.45, 7) is 2.20. The Balaban J connectivity index is 1.79. The molecule has 21 heavy (non-hydrogen) atoms. The lowest BCUT2D eigenvalue weighted by Gasteiger charge is -2.22. The average Bonchev–Trinajstić information content (AvgIpc) is 2.91. The van der Waals surface area contributed by atoms with Crippen LogP contribution in [0.15, 0.2) is 54.6 Å². The van der Waals surface area contributed by atoms with Gasteiger partial charge in [-0.1, -0.05) is 49.4 Å². The molecule has 0 spiro atoms. The van der Waals surface area contributed by atoms with Crippen molar-refractivity contribution < 1.29 is 0 Å². The Hall–Kier alpha value is -1.71. The number of rotatable bonds is 5. The zero-order valence-corrected chi connectivity index (χ0v) is 13.0. The van der Waals surface area contributed by atoms with E-state index >= 15 is 0 Å². The number of aromatic nitrogens is 1.